The molecule has 0 saturated carbocycles. The van der Waals surface area contributed by atoms with Crippen LogP contribution in [0.4, 0.5) is 5.82 Å². The molecule has 2 aromatic rings. The summed E-state index contributed by atoms with van der Waals surface area (Å²) < 4.78 is 2.08. The van der Waals surface area contributed by atoms with E-state index in [2.05, 4.69) is 31.8 Å². The van der Waals surface area contributed by atoms with Gasteiger partial charge in [0, 0.05) is 37.2 Å². The topological polar surface area (TPSA) is 55.6 Å². The number of nitrogens with one attached hydrogen (secondary N) is 1. The summed E-state index contributed by atoms with van der Waals surface area (Å²) in [5.41, 5.74) is 1.17. The second-order valence-electron chi connectivity index (χ2n) is 4.23. The molecule has 0 fully saturated rings. The number of nitrogens with zero attached hydrogens (tertiary/aromatic N) is 4. The molecule has 0 aliphatic heterocycles. The number of hydrogen-bond donors (Lipinski definition) is 1. The summed E-state index contributed by atoms with van der Waals surface area (Å²) in [5.74, 6) is 1.78. The molecule has 0 bridgehead atoms. The van der Waals surface area contributed by atoms with Crippen LogP contribution >= 0.6 is 0 Å². The van der Waals surface area contributed by atoms with Crippen molar-refractivity contribution in [1.29, 1.82) is 0 Å². The van der Waals surface area contributed by atoms with Crippen molar-refractivity contribution in [2.24, 2.45) is 0 Å². The van der Waals surface area contributed by atoms with E-state index in [1.54, 1.807) is 6.20 Å². The van der Waals surface area contributed by atoms with Gasteiger partial charge >= 0.3 is 0 Å². The summed E-state index contributed by atoms with van der Waals surface area (Å²) in [6, 6.07) is 0. The Hall–Kier alpha value is -1.91. The molecular formula is C13H19N5. The van der Waals surface area contributed by atoms with Gasteiger partial charge in [-0.3, -0.25) is 0 Å². The summed E-state index contributed by atoms with van der Waals surface area (Å²) in [7, 11) is 0. The van der Waals surface area contributed by atoms with E-state index in [0.29, 0.717) is 0 Å². The Morgan fingerprint density at radius 3 is 3.00 bits per heavy atom. The summed E-state index contributed by atoms with van der Waals surface area (Å²) in [4.78, 5) is 12.7. The summed E-state index contributed by atoms with van der Waals surface area (Å²) in [6.07, 6.45) is 9.52. The van der Waals surface area contributed by atoms with Crippen LogP contribution in [0.25, 0.3) is 0 Å². The molecule has 0 aliphatic rings. The Morgan fingerprint density at radius 2 is 2.28 bits per heavy atom. The van der Waals surface area contributed by atoms with Crippen LogP contribution < -0.4 is 5.32 Å². The number of anilines is 1. The van der Waals surface area contributed by atoms with E-state index < -0.39 is 0 Å². The number of aromatic nitrogens is 4. The van der Waals surface area contributed by atoms with Gasteiger partial charge < -0.3 is 9.88 Å². The molecule has 2 heterocycles. The zero-order chi connectivity index (χ0) is 12.8. The fourth-order valence-electron chi connectivity index (χ4n) is 1.79. The first kappa shape index (κ1) is 12.5. The van der Waals surface area contributed by atoms with Gasteiger partial charge in [0.2, 0.25) is 0 Å². The first-order chi connectivity index (χ1) is 8.79. The van der Waals surface area contributed by atoms with Gasteiger partial charge in [0.1, 0.15) is 11.6 Å². The lowest BCUT2D eigenvalue weighted by Gasteiger charge is -2.10. The lowest BCUT2D eigenvalue weighted by molar-refractivity contribution is 0.659. The quantitative estimate of drug-likeness (QED) is 0.791. The van der Waals surface area contributed by atoms with E-state index in [1.807, 2.05) is 25.6 Å². The van der Waals surface area contributed by atoms with Crippen LogP contribution in [0.2, 0.25) is 0 Å². The molecule has 96 valence electrons. The molecule has 2 aromatic heterocycles. The first-order valence-corrected chi connectivity index (χ1v) is 6.31. The highest BCUT2D eigenvalue weighted by molar-refractivity contribution is 5.42. The standard InChI is InChI=1S/C13H19N5/c1-3-12-9-16-11(2)17-13(12)15-5-4-7-18-8-6-14-10-18/h6,8-10H,3-5,7H2,1-2H3,(H,15,16,17). The fourth-order valence-corrected chi connectivity index (χ4v) is 1.79. The third-order valence-electron chi connectivity index (χ3n) is 2.81. The molecule has 0 aliphatic carbocycles. The number of hydrogen-bond acceptors (Lipinski definition) is 4. The molecule has 1 N–H and O–H groups in total. The predicted molar refractivity (Wildman–Crippen MR) is 71.5 cm³/mol. The first-order valence-electron chi connectivity index (χ1n) is 6.31. The third kappa shape index (κ3) is 3.29. The van der Waals surface area contributed by atoms with Gasteiger partial charge in [-0.2, -0.15) is 0 Å². The Bertz CT molecular complexity index is 478. The van der Waals surface area contributed by atoms with Gasteiger partial charge in [-0.15, -0.1) is 0 Å². The zero-order valence-corrected chi connectivity index (χ0v) is 10.9. The minimum absolute atomic E-state index is 0.810. The van der Waals surface area contributed by atoms with Crippen LogP contribution in [0.1, 0.15) is 24.7 Å². The van der Waals surface area contributed by atoms with Gasteiger partial charge in [-0.05, 0) is 19.8 Å². The van der Waals surface area contributed by atoms with Crippen LogP contribution in [-0.4, -0.2) is 26.1 Å². The minimum atomic E-state index is 0.810. The zero-order valence-electron chi connectivity index (χ0n) is 10.9. The molecule has 0 saturated heterocycles. The predicted octanol–water partition coefficient (Wildman–Crippen LogP) is 2.05. The molecular weight excluding hydrogens is 226 g/mol. The van der Waals surface area contributed by atoms with Crippen LogP contribution in [0.3, 0.4) is 0 Å². The highest BCUT2D eigenvalue weighted by atomic mass is 15.0. The Kier molecular flexibility index (Phi) is 4.28. The average molecular weight is 245 g/mol. The molecule has 5 nitrogen and oxygen atoms in total. The van der Waals surface area contributed by atoms with E-state index in [4.69, 9.17) is 0 Å². The Morgan fingerprint density at radius 1 is 1.39 bits per heavy atom. The van der Waals surface area contributed by atoms with Crippen molar-refractivity contribution in [3.05, 3.63) is 36.3 Å². The van der Waals surface area contributed by atoms with E-state index in [9.17, 15) is 0 Å². The maximum Gasteiger partial charge on any atom is 0.132 e. The summed E-state index contributed by atoms with van der Waals surface area (Å²) in [5, 5.41) is 3.38. The summed E-state index contributed by atoms with van der Waals surface area (Å²) >= 11 is 0. The Balaban J connectivity index is 1.84. The van der Waals surface area contributed by atoms with Gasteiger partial charge in [0.25, 0.3) is 0 Å². The van der Waals surface area contributed by atoms with E-state index >= 15 is 0 Å². The second kappa shape index (κ2) is 6.14. The monoisotopic (exact) mass is 245 g/mol. The SMILES string of the molecule is CCc1cnc(C)nc1NCCCn1ccnc1. The number of rotatable bonds is 6. The van der Waals surface area contributed by atoms with Crippen molar-refractivity contribution < 1.29 is 0 Å². The number of aryl methyl sites for hydroxylation is 3. The van der Waals surface area contributed by atoms with Crippen LogP contribution in [0.5, 0.6) is 0 Å². The third-order valence-corrected chi connectivity index (χ3v) is 2.81. The van der Waals surface area contributed by atoms with Crippen molar-refractivity contribution in [2.75, 3.05) is 11.9 Å². The van der Waals surface area contributed by atoms with Gasteiger partial charge in [0.05, 0.1) is 6.33 Å². The van der Waals surface area contributed by atoms with Crippen molar-refractivity contribution in [3.8, 4) is 0 Å². The number of imidazole rings is 1. The summed E-state index contributed by atoms with van der Waals surface area (Å²) in [6.45, 7) is 5.90. The molecule has 0 spiro atoms. The highest BCUT2D eigenvalue weighted by Crippen LogP contribution is 2.11. The Labute approximate surface area is 107 Å². The molecule has 0 unspecified atom stereocenters. The average Bonchev–Trinajstić information content (AvgIpc) is 2.88. The molecule has 0 amide bonds. The van der Waals surface area contributed by atoms with Crippen LogP contribution in [0.15, 0.2) is 24.9 Å². The fraction of sp³-hybridized carbons (Fsp3) is 0.462. The van der Waals surface area contributed by atoms with Crippen LogP contribution in [0, 0.1) is 6.92 Å². The maximum absolute atomic E-state index is 4.44. The molecule has 0 aromatic carbocycles. The molecule has 2 rings (SSSR count). The van der Waals surface area contributed by atoms with Crippen molar-refractivity contribution in [1.82, 2.24) is 19.5 Å². The van der Waals surface area contributed by atoms with Gasteiger partial charge in [-0.25, -0.2) is 15.0 Å². The lowest BCUT2D eigenvalue weighted by Crippen LogP contribution is -2.10. The minimum Gasteiger partial charge on any atom is -0.370 e. The van der Waals surface area contributed by atoms with Gasteiger partial charge in [-0.1, -0.05) is 6.92 Å². The smallest absolute Gasteiger partial charge is 0.132 e. The van der Waals surface area contributed by atoms with Crippen molar-refractivity contribution in [3.63, 3.8) is 0 Å². The molecule has 5 heteroatoms. The van der Waals surface area contributed by atoms with E-state index in [0.717, 1.165) is 37.6 Å². The normalized spacial score (nSPS) is 10.6. The van der Waals surface area contributed by atoms with Crippen molar-refractivity contribution in [2.45, 2.75) is 33.2 Å². The lowest BCUT2D eigenvalue weighted by atomic mass is 10.2. The molecule has 0 radical (unpaired) electrons. The molecule has 0 atom stereocenters. The van der Waals surface area contributed by atoms with Crippen LogP contribution in [-0.2, 0) is 13.0 Å². The largest absolute Gasteiger partial charge is 0.370 e. The van der Waals surface area contributed by atoms with E-state index in [1.165, 1.54) is 5.56 Å². The van der Waals surface area contributed by atoms with Gasteiger partial charge in [0.15, 0.2) is 0 Å². The highest BCUT2D eigenvalue weighted by Gasteiger charge is 2.02. The van der Waals surface area contributed by atoms with Crippen molar-refractivity contribution >= 4 is 5.82 Å². The second-order valence-corrected chi connectivity index (χ2v) is 4.23. The van der Waals surface area contributed by atoms with E-state index in [-0.39, 0.29) is 0 Å². The maximum atomic E-state index is 4.44. The molecule has 18 heavy (non-hydrogen) atoms.